The Balaban J connectivity index is 1.55. The van der Waals surface area contributed by atoms with Crippen LogP contribution in [0.2, 0.25) is 0 Å². The van der Waals surface area contributed by atoms with Crippen LogP contribution < -0.4 is 15.4 Å². The molecule has 0 unspecified atom stereocenters. The van der Waals surface area contributed by atoms with Crippen LogP contribution in [0.3, 0.4) is 0 Å². The number of hydrogen-bond donors (Lipinski definition) is 2. The highest BCUT2D eigenvalue weighted by atomic mass is 79.9. The molecule has 3 aromatic rings. The highest BCUT2D eigenvalue weighted by Crippen LogP contribution is 2.18. The Morgan fingerprint density at radius 2 is 1.69 bits per heavy atom. The van der Waals surface area contributed by atoms with E-state index in [-0.39, 0.29) is 24.2 Å². The second-order valence-corrected chi connectivity index (χ2v) is 6.22. The Bertz CT molecular complexity index is 892. The van der Waals surface area contributed by atoms with Gasteiger partial charge in [-0.1, -0.05) is 22.0 Å². The van der Waals surface area contributed by atoms with Crippen LogP contribution in [0.4, 0.5) is 11.4 Å². The Morgan fingerprint density at radius 1 is 0.962 bits per heavy atom. The van der Waals surface area contributed by atoms with Crippen LogP contribution in [-0.2, 0) is 4.79 Å². The molecule has 1 aromatic heterocycles. The van der Waals surface area contributed by atoms with Gasteiger partial charge in [0.25, 0.3) is 11.8 Å². The fourth-order valence-corrected chi connectivity index (χ4v) is 2.42. The molecule has 0 atom stereocenters. The lowest BCUT2D eigenvalue weighted by atomic mass is 10.2. The summed E-state index contributed by atoms with van der Waals surface area (Å²) in [6.07, 6.45) is 1.43. The first-order chi connectivity index (χ1) is 12.6. The molecule has 0 aliphatic heterocycles. The van der Waals surface area contributed by atoms with Crippen molar-refractivity contribution in [3.8, 4) is 5.75 Å². The van der Waals surface area contributed by atoms with Crippen molar-refractivity contribution in [3.05, 3.63) is 77.2 Å². The van der Waals surface area contributed by atoms with Gasteiger partial charge in [0.15, 0.2) is 12.4 Å². The molecule has 6 nitrogen and oxygen atoms in total. The molecule has 0 fully saturated rings. The third kappa shape index (κ3) is 4.97. The molecule has 2 aromatic carbocycles. The fourth-order valence-electron chi connectivity index (χ4n) is 2.15. The normalized spacial score (nSPS) is 10.2. The lowest BCUT2D eigenvalue weighted by Crippen LogP contribution is -2.20. The van der Waals surface area contributed by atoms with Crippen LogP contribution in [0.1, 0.15) is 10.6 Å². The van der Waals surface area contributed by atoms with Crippen LogP contribution >= 0.6 is 15.9 Å². The fraction of sp³-hybridized carbons (Fsp3) is 0.0526. The summed E-state index contributed by atoms with van der Waals surface area (Å²) in [5, 5.41) is 5.43. The van der Waals surface area contributed by atoms with Crippen LogP contribution in [0, 0.1) is 0 Å². The number of carbonyl (C=O) groups excluding carboxylic acids is 2. The van der Waals surface area contributed by atoms with Crippen molar-refractivity contribution in [2.75, 3.05) is 17.2 Å². The minimum absolute atomic E-state index is 0.120. The van der Waals surface area contributed by atoms with E-state index in [1.54, 1.807) is 48.5 Å². The number of halogens is 1. The summed E-state index contributed by atoms with van der Waals surface area (Å²) in [7, 11) is 0. The lowest BCUT2D eigenvalue weighted by Gasteiger charge is -2.09. The predicted molar refractivity (Wildman–Crippen MR) is 101 cm³/mol. The third-order valence-corrected chi connectivity index (χ3v) is 3.86. The number of benzene rings is 2. The zero-order valence-corrected chi connectivity index (χ0v) is 15.2. The summed E-state index contributed by atoms with van der Waals surface area (Å²) in [5.41, 5.74) is 1.09. The molecule has 1 heterocycles. The standard InChI is InChI=1S/C19H15BrN2O4/c20-13-6-8-16(9-7-13)26-12-18(23)21-14-3-1-4-15(11-14)22-19(24)17-5-2-10-25-17/h1-11H,12H2,(H,21,23)(H,22,24). The topological polar surface area (TPSA) is 80.6 Å². The summed E-state index contributed by atoms with van der Waals surface area (Å²) >= 11 is 3.34. The SMILES string of the molecule is O=C(COc1ccc(Br)cc1)Nc1cccc(NC(=O)c2ccco2)c1. The Labute approximate surface area is 158 Å². The molecule has 0 aliphatic carbocycles. The zero-order valence-electron chi connectivity index (χ0n) is 13.6. The highest BCUT2D eigenvalue weighted by molar-refractivity contribution is 9.10. The van der Waals surface area contributed by atoms with Crippen molar-refractivity contribution >= 4 is 39.1 Å². The maximum Gasteiger partial charge on any atom is 0.291 e. The van der Waals surface area contributed by atoms with E-state index < -0.39 is 0 Å². The average molecular weight is 415 g/mol. The maximum absolute atomic E-state index is 12.0. The van der Waals surface area contributed by atoms with E-state index in [1.165, 1.54) is 6.26 Å². The first-order valence-electron chi connectivity index (χ1n) is 7.73. The molecule has 0 saturated heterocycles. The van der Waals surface area contributed by atoms with E-state index in [2.05, 4.69) is 26.6 Å². The molecular formula is C19H15BrN2O4. The first kappa shape index (κ1) is 17.8. The molecular weight excluding hydrogens is 400 g/mol. The van der Waals surface area contributed by atoms with Gasteiger partial charge in [0, 0.05) is 15.8 Å². The van der Waals surface area contributed by atoms with E-state index in [1.807, 2.05) is 12.1 Å². The van der Waals surface area contributed by atoms with Gasteiger partial charge in [0.2, 0.25) is 0 Å². The van der Waals surface area contributed by atoms with Gasteiger partial charge < -0.3 is 19.8 Å². The van der Waals surface area contributed by atoms with Crippen LogP contribution in [0.15, 0.2) is 75.8 Å². The third-order valence-electron chi connectivity index (χ3n) is 3.33. The molecule has 0 spiro atoms. The van der Waals surface area contributed by atoms with Gasteiger partial charge in [0.1, 0.15) is 5.75 Å². The smallest absolute Gasteiger partial charge is 0.291 e. The second kappa shape index (κ2) is 8.35. The van der Waals surface area contributed by atoms with Crippen molar-refractivity contribution in [1.29, 1.82) is 0 Å². The second-order valence-electron chi connectivity index (χ2n) is 5.30. The van der Waals surface area contributed by atoms with Gasteiger partial charge in [-0.15, -0.1) is 0 Å². The number of amides is 2. The lowest BCUT2D eigenvalue weighted by molar-refractivity contribution is -0.118. The molecule has 0 aliphatic rings. The Hall–Kier alpha value is -3.06. The number of hydrogen-bond acceptors (Lipinski definition) is 4. The molecule has 3 rings (SSSR count). The Kier molecular flexibility index (Phi) is 5.70. The molecule has 0 radical (unpaired) electrons. The molecule has 0 bridgehead atoms. The number of ether oxygens (including phenoxy) is 1. The van der Waals surface area contributed by atoms with Gasteiger partial charge in [0.05, 0.1) is 6.26 Å². The summed E-state index contributed by atoms with van der Waals surface area (Å²) in [6, 6.07) is 17.2. The summed E-state index contributed by atoms with van der Waals surface area (Å²) in [4.78, 5) is 24.0. The summed E-state index contributed by atoms with van der Waals surface area (Å²) in [6.45, 7) is -0.120. The van der Waals surface area contributed by atoms with E-state index in [9.17, 15) is 9.59 Å². The monoisotopic (exact) mass is 414 g/mol. The molecule has 0 saturated carbocycles. The van der Waals surface area contributed by atoms with Crippen molar-refractivity contribution in [1.82, 2.24) is 0 Å². The van der Waals surface area contributed by atoms with E-state index >= 15 is 0 Å². The molecule has 26 heavy (non-hydrogen) atoms. The van der Waals surface area contributed by atoms with E-state index in [0.29, 0.717) is 17.1 Å². The van der Waals surface area contributed by atoms with Crippen molar-refractivity contribution < 1.29 is 18.7 Å². The van der Waals surface area contributed by atoms with E-state index in [0.717, 1.165) is 4.47 Å². The van der Waals surface area contributed by atoms with Crippen molar-refractivity contribution in [2.24, 2.45) is 0 Å². The van der Waals surface area contributed by atoms with Gasteiger partial charge in [-0.3, -0.25) is 9.59 Å². The zero-order chi connectivity index (χ0) is 18.4. The van der Waals surface area contributed by atoms with Gasteiger partial charge in [-0.25, -0.2) is 0 Å². The maximum atomic E-state index is 12.0. The minimum atomic E-state index is -0.364. The minimum Gasteiger partial charge on any atom is -0.484 e. The number of rotatable bonds is 6. The van der Waals surface area contributed by atoms with Crippen LogP contribution in [-0.4, -0.2) is 18.4 Å². The molecule has 7 heteroatoms. The van der Waals surface area contributed by atoms with Gasteiger partial charge in [-0.05, 0) is 54.6 Å². The largest absolute Gasteiger partial charge is 0.484 e. The van der Waals surface area contributed by atoms with Crippen molar-refractivity contribution in [3.63, 3.8) is 0 Å². The van der Waals surface area contributed by atoms with E-state index in [4.69, 9.17) is 9.15 Å². The first-order valence-corrected chi connectivity index (χ1v) is 8.52. The molecule has 132 valence electrons. The van der Waals surface area contributed by atoms with Gasteiger partial charge >= 0.3 is 0 Å². The Morgan fingerprint density at radius 3 is 2.38 bits per heavy atom. The number of furan rings is 1. The number of nitrogens with one attached hydrogen (secondary N) is 2. The number of carbonyl (C=O) groups is 2. The van der Waals surface area contributed by atoms with Crippen LogP contribution in [0.25, 0.3) is 0 Å². The van der Waals surface area contributed by atoms with Gasteiger partial charge in [-0.2, -0.15) is 0 Å². The van der Waals surface area contributed by atoms with Crippen molar-refractivity contribution in [2.45, 2.75) is 0 Å². The molecule has 2 N–H and O–H groups in total. The molecule has 2 amide bonds. The number of anilines is 2. The summed E-state index contributed by atoms with van der Waals surface area (Å²) < 4.78 is 11.4. The quantitative estimate of drug-likeness (QED) is 0.629. The predicted octanol–water partition coefficient (Wildman–Crippen LogP) is 4.31. The average Bonchev–Trinajstić information content (AvgIpc) is 3.16. The highest BCUT2D eigenvalue weighted by Gasteiger charge is 2.09. The van der Waals surface area contributed by atoms with Crippen LogP contribution in [0.5, 0.6) is 5.75 Å². The summed E-state index contributed by atoms with van der Waals surface area (Å²) in [5.74, 6) is 0.143.